The number of ether oxygens (including phenoxy) is 4. The van der Waals surface area contributed by atoms with Crippen LogP contribution in [0.3, 0.4) is 0 Å². The van der Waals surface area contributed by atoms with Crippen molar-refractivity contribution in [3.8, 4) is 23.0 Å². The molecule has 1 amide bonds. The molecule has 0 spiro atoms. The number of nitrogens with one attached hydrogen (secondary N) is 1. The van der Waals surface area contributed by atoms with Crippen LogP contribution in [-0.4, -0.2) is 39.5 Å². The summed E-state index contributed by atoms with van der Waals surface area (Å²) < 4.78 is 21.1. The quantitative estimate of drug-likeness (QED) is 0.747. The van der Waals surface area contributed by atoms with Crippen LogP contribution in [0, 0.1) is 0 Å². The van der Waals surface area contributed by atoms with Crippen LogP contribution in [0.1, 0.15) is 5.56 Å². The fourth-order valence-electron chi connectivity index (χ4n) is 2.55. The first kappa shape index (κ1) is 19.6. The van der Waals surface area contributed by atoms with E-state index in [1.165, 1.54) is 11.8 Å². The Morgan fingerprint density at radius 2 is 1.54 bits per heavy atom. The van der Waals surface area contributed by atoms with Gasteiger partial charge in [-0.25, -0.2) is 4.99 Å². The molecule has 0 aliphatic carbocycles. The van der Waals surface area contributed by atoms with E-state index in [1.54, 1.807) is 58.8 Å². The van der Waals surface area contributed by atoms with Gasteiger partial charge in [0.15, 0.2) is 5.17 Å². The van der Waals surface area contributed by atoms with Crippen LogP contribution in [0.2, 0.25) is 0 Å². The molecule has 0 unspecified atom stereocenters. The lowest BCUT2D eigenvalue weighted by molar-refractivity contribution is -0.115. The van der Waals surface area contributed by atoms with Crippen molar-refractivity contribution in [2.24, 2.45) is 4.99 Å². The second-order valence-electron chi connectivity index (χ2n) is 5.63. The van der Waals surface area contributed by atoms with E-state index in [0.717, 1.165) is 5.56 Å². The van der Waals surface area contributed by atoms with Crippen LogP contribution in [-0.2, 0) is 4.79 Å². The van der Waals surface area contributed by atoms with E-state index in [-0.39, 0.29) is 5.91 Å². The Balaban J connectivity index is 1.88. The summed E-state index contributed by atoms with van der Waals surface area (Å²) in [5.41, 5.74) is 1.36. The fraction of sp³-hybridized carbons (Fsp3) is 0.200. The summed E-state index contributed by atoms with van der Waals surface area (Å²) in [7, 11) is 6.29. The third-order valence-corrected chi connectivity index (χ3v) is 4.90. The van der Waals surface area contributed by atoms with Crippen molar-refractivity contribution in [2.45, 2.75) is 0 Å². The van der Waals surface area contributed by atoms with Crippen LogP contribution in [0.5, 0.6) is 23.0 Å². The van der Waals surface area contributed by atoms with Gasteiger partial charge >= 0.3 is 0 Å². The molecule has 1 fully saturated rings. The minimum absolute atomic E-state index is 0.228. The summed E-state index contributed by atoms with van der Waals surface area (Å²) in [5, 5.41) is 3.23. The van der Waals surface area contributed by atoms with E-state index in [1.807, 2.05) is 12.1 Å². The van der Waals surface area contributed by atoms with Crippen molar-refractivity contribution in [3.63, 3.8) is 0 Å². The normalized spacial score (nSPS) is 16.2. The topological polar surface area (TPSA) is 78.4 Å². The smallest absolute Gasteiger partial charge is 0.264 e. The molecule has 2 aromatic carbocycles. The number of carbonyl (C=O) groups is 1. The highest BCUT2D eigenvalue weighted by Gasteiger charge is 2.24. The summed E-state index contributed by atoms with van der Waals surface area (Å²) in [6.07, 6.45) is 1.76. The van der Waals surface area contributed by atoms with Gasteiger partial charge in [0.2, 0.25) is 0 Å². The van der Waals surface area contributed by atoms with E-state index in [4.69, 9.17) is 18.9 Å². The van der Waals surface area contributed by atoms with Crippen molar-refractivity contribution in [1.82, 2.24) is 5.32 Å². The number of carbonyl (C=O) groups excluding carboxylic acids is 1. The van der Waals surface area contributed by atoms with Crippen LogP contribution in [0.4, 0.5) is 5.69 Å². The summed E-state index contributed by atoms with van der Waals surface area (Å²) >= 11 is 1.24. The standard InChI is InChI=1S/C20H20N2O5S/c1-24-13-6-5-12(16(10-13)26-3)9-18-19(23)22-20(28-18)21-15-8-7-14(25-2)11-17(15)27-4/h5-11H,1-4H3,(H,21,22,23)/b18-9-. The first-order valence-corrected chi connectivity index (χ1v) is 9.13. The summed E-state index contributed by atoms with van der Waals surface area (Å²) in [6.45, 7) is 0. The van der Waals surface area contributed by atoms with Gasteiger partial charge in [-0.05, 0) is 42.1 Å². The molecule has 3 rings (SSSR count). The number of aliphatic imine (C=N–C) groups is 1. The Kier molecular flexibility index (Phi) is 6.10. The lowest BCUT2D eigenvalue weighted by Crippen LogP contribution is -2.19. The van der Waals surface area contributed by atoms with Crippen molar-refractivity contribution in [2.75, 3.05) is 28.4 Å². The molecule has 0 aromatic heterocycles. The first-order chi connectivity index (χ1) is 13.6. The zero-order chi connectivity index (χ0) is 20.1. The molecule has 1 saturated heterocycles. The first-order valence-electron chi connectivity index (χ1n) is 8.31. The largest absolute Gasteiger partial charge is 0.497 e. The fourth-order valence-corrected chi connectivity index (χ4v) is 3.37. The zero-order valence-electron chi connectivity index (χ0n) is 15.9. The molecule has 8 heteroatoms. The molecule has 0 radical (unpaired) electrons. The Morgan fingerprint density at radius 1 is 0.893 bits per heavy atom. The Bertz CT molecular complexity index is 956. The molecule has 0 atom stereocenters. The maximum atomic E-state index is 12.4. The third-order valence-electron chi connectivity index (χ3n) is 3.99. The van der Waals surface area contributed by atoms with Gasteiger partial charge in [-0.3, -0.25) is 4.79 Å². The molecule has 7 nitrogen and oxygen atoms in total. The summed E-state index contributed by atoms with van der Waals surface area (Å²) in [5.74, 6) is 2.28. The molecule has 2 aromatic rings. The average Bonchev–Trinajstić information content (AvgIpc) is 3.07. The SMILES string of the molecule is COc1ccc(/C=C2\SC(=Nc3ccc(OC)cc3OC)NC2=O)c(OC)c1. The maximum absolute atomic E-state index is 12.4. The molecule has 1 aliphatic heterocycles. The number of amides is 1. The van der Waals surface area contributed by atoms with E-state index in [2.05, 4.69) is 10.3 Å². The number of hydrogen-bond donors (Lipinski definition) is 1. The highest BCUT2D eigenvalue weighted by atomic mass is 32.2. The number of thioether (sulfide) groups is 1. The lowest BCUT2D eigenvalue weighted by Gasteiger charge is -2.07. The van der Waals surface area contributed by atoms with Gasteiger partial charge in [-0.15, -0.1) is 0 Å². The molecule has 0 saturated carbocycles. The highest BCUT2D eigenvalue weighted by molar-refractivity contribution is 8.18. The van der Waals surface area contributed by atoms with Gasteiger partial charge in [-0.1, -0.05) is 0 Å². The second kappa shape index (κ2) is 8.71. The van der Waals surface area contributed by atoms with Crippen molar-refractivity contribution in [3.05, 3.63) is 46.9 Å². The van der Waals surface area contributed by atoms with E-state index in [0.29, 0.717) is 38.8 Å². The zero-order valence-corrected chi connectivity index (χ0v) is 16.8. The van der Waals surface area contributed by atoms with E-state index < -0.39 is 0 Å². The Morgan fingerprint density at radius 3 is 2.18 bits per heavy atom. The molecule has 0 bridgehead atoms. The molecular formula is C20H20N2O5S. The van der Waals surface area contributed by atoms with Gasteiger partial charge < -0.3 is 24.3 Å². The van der Waals surface area contributed by atoms with Crippen LogP contribution in [0.25, 0.3) is 6.08 Å². The predicted octanol–water partition coefficient (Wildman–Crippen LogP) is 3.61. The van der Waals surface area contributed by atoms with Gasteiger partial charge in [0, 0.05) is 17.7 Å². The monoisotopic (exact) mass is 400 g/mol. The van der Waals surface area contributed by atoms with Crippen LogP contribution >= 0.6 is 11.8 Å². The Hall–Kier alpha value is -3.13. The third kappa shape index (κ3) is 4.23. The number of nitrogens with zero attached hydrogens (tertiary/aromatic N) is 1. The lowest BCUT2D eigenvalue weighted by atomic mass is 10.1. The van der Waals surface area contributed by atoms with Crippen molar-refractivity contribution < 1.29 is 23.7 Å². The maximum Gasteiger partial charge on any atom is 0.264 e. The number of benzene rings is 2. The molecule has 28 heavy (non-hydrogen) atoms. The number of amidine groups is 1. The minimum Gasteiger partial charge on any atom is -0.497 e. The predicted molar refractivity (Wildman–Crippen MR) is 110 cm³/mol. The summed E-state index contributed by atoms with van der Waals surface area (Å²) in [4.78, 5) is 17.4. The van der Waals surface area contributed by atoms with Crippen LogP contribution in [0.15, 0.2) is 46.3 Å². The summed E-state index contributed by atoms with van der Waals surface area (Å²) in [6, 6.07) is 10.7. The molecular weight excluding hydrogens is 380 g/mol. The molecule has 1 aliphatic rings. The average molecular weight is 400 g/mol. The van der Waals surface area contributed by atoms with Gasteiger partial charge in [0.05, 0.1) is 33.3 Å². The molecule has 1 heterocycles. The van der Waals surface area contributed by atoms with Crippen molar-refractivity contribution >= 4 is 34.6 Å². The number of hydrogen-bond acceptors (Lipinski definition) is 7. The Labute approximate surface area is 167 Å². The second-order valence-corrected chi connectivity index (χ2v) is 6.66. The van der Waals surface area contributed by atoms with Gasteiger partial charge in [0.1, 0.15) is 28.7 Å². The van der Waals surface area contributed by atoms with Crippen LogP contribution < -0.4 is 24.3 Å². The minimum atomic E-state index is -0.228. The van der Waals surface area contributed by atoms with E-state index in [9.17, 15) is 4.79 Å². The number of rotatable bonds is 6. The van der Waals surface area contributed by atoms with E-state index >= 15 is 0 Å². The molecule has 146 valence electrons. The van der Waals surface area contributed by atoms with Gasteiger partial charge in [0.25, 0.3) is 5.91 Å². The van der Waals surface area contributed by atoms with Crippen molar-refractivity contribution in [1.29, 1.82) is 0 Å². The van der Waals surface area contributed by atoms with Gasteiger partial charge in [-0.2, -0.15) is 0 Å². The highest BCUT2D eigenvalue weighted by Crippen LogP contribution is 2.35. The number of methoxy groups -OCH3 is 4. The molecule has 1 N–H and O–H groups in total.